The smallest absolute Gasteiger partial charge is 0.227 e. The van der Waals surface area contributed by atoms with E-state index in [1.807, 2.05) is 29.2 Å². The van der Waals surface area contributed by atoms with Crippen LogP contribution in [0.1, 0.15) is 25.7 Å². The molecule has 2 fully saturated rings. The summed E-state index contributed by atoms with van der Waals surface area (Å²) in [6.45, 7) is 0. The van der Waals surface area contributed by atoms with E-state index in [2.05, 4.69) is 0 Å². The molecule has 1 saturated heterocycles. The summed E-state index contributed by atoms with van der Waals surface area (Å²) in [5, 5.41) is 0. The molecule has 0 aromatic heterocycles. The maximum Gasteiger partial charge on any atom is 0.227 e. The molecular weight excluding hydrogens is 214 g/mol. The number of ether oxygens (including phenoxy) is 1. The van der Waals surface area contributed by atoms with Crippen molar-refractivity contribution in [2.45, 2.75) is 31.7 Å². The van der Waals surface area contributed by atoms with Crippen molar-refractivity contribution in [3.63, 3.8) is 0 Å². The molecule has 1 aromatic rings. The van der Waals surface area contributed by atoms with Gasteiger partial charge in [-0.2, -0.15) is 0 Å². The maximum absolute atomic E-state index is 12.0. The first-order valence-electron chi connectivity index (χ1n) is 6.25. The molecule has 3 rings (SSSR count). The van der Waals surface area contributed by atoms with Crippen LogP contribution in [-0.2, 0) is 4.79 Å². The molecule has 0 N–H and O–H groups in total. The quantitative estimate of drug-likeness (QED) is 0.783. The lowest BCUT2D eigenvalue weighted by Crippen LogP contribution is -2.32. The summed E-state index contributed by atoms with van der Waals surface area (Å²) in [5.74, 6) is 1.71. The van der Waals surface area contributed by atoms with Gasteiger partial charge in [-0.1, -0.05) is 6.42 Å². The fourth-order valence-corrected chi connectivity index (χ4v) is 3.18. The molecule has 1 heterocycles. The van der Waals surface area contributed by atoms with Crippen molar-refractivity contribution in [2.75, 3.05) is 12.0 Å². The number of carbonyl (C=O) groups is 1. The number of amides is 1. The van der Waals surface area contributed by atoms with Crippen LogP contribution in [0.25, 0.3) is 0 Å². The number of fused-ring (bicyclic) bond motifs is 1. The summed E-state index contributed by atoms with van der Waals surface area (Å²) in [6, 6.07) is 8.25. The number of benzene rings is 1. The van der Waals surface area contributed by atoms with Crippen LogP contribution in [0, 0.1) is 5.92 Å². The van der Waals surface area contributed by atoms with Crippen LogP contribution in [0.2, 0.25) is 0 Å². The van der Waals surface area contributed by atoms with Gasteiger partial charge in [-0.3, -0.25) is 4.79 Å². The van der Waals surface area contributed by atoms with Crippen LogP contribution in [-0.4, -0.2) is 19.1 Å². The number of hydrogen-bond acceptors (Lipinski definition) is 2. The van der Waals surface area contributed by atoms with Crippen LogP contribution in [0.3, 0.4) is 0 Å². The maximum atomic E-state index is 12.0. The lowest BCUT2D eigenvalue weighted by atomic mass is 10.0. The third kappa shape index (κ3) is 1.70. The number of methoxy groups -OCH3 is 1. The molecule has 1 aliphatic heterocycles. The highest BCUT2D eigenvalue weighted by atomic mass is 16.5. The van der Waals surface area contributed by atoms with E-state index in [9.17, 15) is 4.79 Å². The van der Waals surface area contributed by atoms with Gasteiger partial charge in [0.05, 0.1) is 7.11 Å². The molecule has 1 aliphatic carbocycles. The molecule has 90 valence electrons. The Hall–Kier alpha value is -1.51. The van der Waals surface area contributed by atoms with Crippen molar-refractivity contribution in [3.05, 3.63) is 24.3 Å². The predicted molar refractivity (Wildman–Crippen MR) is 66.2 cm³/mol. The Balaban J connectivity index is 1.89. The van der Waals surface area contributed by atoms with E-state index in [0.717, 1.165) is 24.3 Å². The lowest BCUT2D eigenvalue weighted by Gasteiger charge is -2.24. The standard InChI is InChI=1S/C14H17NO2/c1-17-12-7-5-11(6-8-12)15-13-4-2-3-10(13)9-14(15)16/h5-8,10,13H,2-4,9H2,1H3/t10-,13-/m0/s1. The zero-order valence-electron chi connectivity index (χ0n) is 10.1. The summed E-state index contributed by atoms with van der Waals surface area (Å²) in [7, 11) is 1.66. The van der Waals surface area contributed by atoms with E-state index < -0.39 is 0 Å². The fourth-order valence-electron chi connectivity index (χ4n) is 3.18. The highest BCUT2D eigenvalue weighted by Gasteiger charge is 2.42. The zero-order valence-corrected chi connectivity index (χ0v) is 10.1. The van der Waals surface area contributed by atoms with Gasteiger partial charge in [0, 0.05) is 18.2 Å². The van der Waals surface area contributed by atoms with E-state index in [1.54, 1.807) is 7.11 Å². The Morgan fingerprint density at radius 1 is 1.24 bits per heavy atom. The number of carbonyl (C=O) groups excluding carboxylic acids is 1. The van der Waals surface area contributed by atoms with Crippen LogP contribution < -0.4 is 9.64 Å². The van der Waals surface area contributed by atoms with Gasteiger partial charge in [0.25, 0.3) is 0 Å². The zero-order chi connectivity index (χ0) is 11.8. The molecule has 3 heteroatoms. The fraction of sp³-hybridized carbons (Fsp3) is 0.500. The number of rotatable bonds is 2. The van der Waals surface area contributed by atoms with Gasteiger partial charge < -0.3 is 9.64 Å². The van der Waals surface area contributed by atoms with Gasteiger partial charge in [-0.25, -0.2) is 0 Å². The Morgan fingerprint density at radius 3 is 2.71 bits per heavy atom. The second-order valence-corrected chi connectivity index (χ2v) is 4.92. The molecule has 1 saturated carbocycles. The molecule has 2 aliphatic rings. The highest BCUT2D eigenvalue weighted by Crippen LogP contribution is 2.41. The molecular formula is C14H17NO2. The third-order valence-corrected chi connectivity index (χ3v) is 4.01. The molecule has 0 unspecified atom stereocenters. The number of hydrogen-bond donors (Lipinski definition) is 0. The van der Waals surface area contributed by atoms with Crippen LogP contribution >= 0.6 is 0 Å². The minimum Gasteiger partial charge on any atom is -0.497 e. The summed E-state index contributed by atoms with van der Waals surface area (Å²) in [4.78, 5) is 14.0. The minimum atomic E-state index is 0.282. The normalized spacial score (nSPS) is 27.4. The van der Waals surface area contributed by atoms with Crippen molar-refractivity contribution < 1.29 is 9.53 Å². The summed E-state index contributed by atoms with van der Waals surface area (Å²) < 4.78 is 5.14. The average molecular weight is 231 g/mol. The van der Waals surface area contributed by atoms with E-state index >= 15 is 0 Å². The summed E-state index contributed by atoms with van der Waals surface area (Å²) >= 11 is 0. The molecule has 0 spiro atoms. The second kappa shape index (κ2) is 4.06. The van der Waals surface area contributed by atoms with Crippen molar-refractivity contribution in [3.8, 4) is 5.75 Å². The van der Waals surface area contributed by atoms with E-state index in [1.165, 1.54) is 12.8 Å². The van der Waals surface area contributed by atoms with Crippen LogP contribution in [0.15, 0.2) is 24.3 Å². The SMILES string of the molecule is COc1ccc(N2C(=O)C[C@@H]3CCC[C@@H]32)cc1. The van der Waals surface area contributed by atoms with E-state index in [4.69, 9.17) is 4.74 Å². The van der Waals surface area contributed by atoms with Gasteiger partial charge in [0.15, 0.2) is 0 Å². The van der Waals surface area contributed by atoms with Crippen LogP contribution in [0.5, 0.6) is 5.75 Å². The Morgan fingerprint density at radius 2 is 2.00 bits per heavy atom. The van der Waals surface area contributed by atoms with Gasteiger partial charge in [0.2, 0.25) is 5.91 Å². The van der Waals surface area contributed by atoms with Crippen LogP contribution in [0.4, 0.5) is 5.69 Å². The van der Waals surface area contributed by atoms with Crippen molar-refractivity contribution in [1.82, 2.24) is 0 Å². The lowest BCUT2D eigenvalue weighted by molar-refractivity contribution is -0.117. The Bertz CT molecular complexity index is 426. The van der Waals surface area contributed by atoms with Crippen molar-refractivity contribution >= 4 is 11.6 Å². The summed E-state index contributed by atoms with van der Waals surface area (Å²) in [5.41, 5.74) is 1.02. The molecule has 3 nitrogen and oxygen atoms in total. The number of anilines is 1. The van der Waals surface area contributed by atoms with Gasteiger partial charge >= 0.3 is 0 Å². The third-order valence-electron chi connectivity index (χ3n) is 4.01. The first kappa shape index (κ1) is 10.6. The largest absolute Gasteiger partial charge is 0.497 e. The van der Waals surface area contributed by atoms with E-state index in [-0.39, 0.29) is 5.91 Å². The second-order valence-electron chi connectivity index (χ2n) is 4.92. The van der Waals surface area contributed by atoms with Gasteiger partial charge in [-0.15, -0.1) is 0 Å². The van der Waals surface area contributed by atoms with Gasteiger partial charge in [0.1, 0.15) is 5.75 Å². The first-order chi connectivity index (χ1) is 8.29. The predicted octanol–water partition coefficient (Wildman–Crippen LogP) is 2.60. The van der Waals surface area contributed by atoms with Crippen molar-refractivity contribution in [2.24, 2.45) is 5.92 Å². The van der Waals surface area contributed by atoms with Gasteiger partial charge in [-0.05, 0) is 43.0 Å². The Labute approximate surface area is 101 Å². The Kier molecular flexibility index (Phi) is 2.54. The topological polar surface area (TPSA) is 29.5 Å². The minimum absolute atomic E-state index is 0.282. The molecule has 2 atom stereocenters. The molecule has 0 bridgehead atoms. The summed E-state index contributed by atoms with van der Waals surface area (Å²) in [6.07, 6.45) is 4.36. The monoisotopic (exact) mass is 231 g/mol. The van der Waals surface area contributed by atoms with Crippen molar-refractivity contribution in [1.29, 1.82) is 0 Å². The number of nitrogens with zero attached hydrogens (tertiary/aromatic N) is 1. The highest BCUT2D eigenvalue weighted by molar-refractivity contribution is 5.96. The molecule has 0 radical (unpaired) electrons. The molecule has 1 amide bonds. The molecule has 17 heavy (non-hydrogen) atoms. The first-order valence-corrected chi connectivity index (χ1v) is 6.25. The van der Waals surface area contributed by atoms with E-state index in [0.29, 0.717) is 12.0 Å². The average Bonchev–Trinajstić information content (AvgIpc) is 2.89. The molecule has 1 aromatic carbocycles.